The van der Waals surface area contributed by atoms with E-state index in [9.17, 15) is 0 Å². The van der Waals surface area contributed by atoms with Gasteiger partial charge in [-0.2, -0.15) is 0 Å². The minimum atomic E-state index is -1.49. The Labute approximate surface area is 187 Å². The number of hydrogen-bond donors (Lipinski definition) is 0. The summed E-state index contributed by atoms with van der Waals surface area (Å²) in [7, 11) is -2.97. The monoisotopic (exact) mass is 432 g/mol. The normalized spacial score (nSPS) is 12.8. The first-order valence-corrected chi connectivity index (χ1v) is 18.1. The maximum Gasteiger partial charge on any atom is 0.129 e. The van der Waals surface area contributed by atoms with E-state index in [0.717, 1.165) is 5.56 Å². The lowest BCUT2D eigenvalue weighted by Crippen LogP contribution is -2.18. The molecule has 0 bridgehead atoms. The molecule has 160 valence electrons. The Kier molecular flexibility index (Phi) is 6.59. The zero-order valence-corrected chi connectivity index (χ0v) is 23.3. The van der Waals surface area contributed by atoms with E-state index in [0.29, 0.717) is 0 Å². The highest BCUT2D eigenvalue weighted by Crippen LogP contribution is 2.35. The van der Waals surface area contributed by atoms with Crippen LogP contribution in [0.2, 0.25) is 39.3 Å². The smallest absolute Gasteiger partial charge is 0.127 e. The van der Waals surface area contributed by atoms with Crippen molar-refractivity contribution >= 4 is 26.9 Å². The van der Waals surface area contributed by atoms with Crippen molar-refractivity contribution in [1.29, 1.82) is 0 Å². The summed E-state index contributed by atoms with van der Waals surface area (Å²) in [5.74, 6) is 7.22. The molecule has 0 spiro atoms. The zero-order chi connectivity index (χ0) is 23.1. The second-order valence-corrected chi connectivity index (χ2v) is 22.1. The molecule has 0 atom stereocenters. The van der Waals surface area contributed by atoms with Crippen LogP contribution in [0.5, 0.6) is 0 Å². The van der Waals surface area contributed by atoms with Crippen molar-refractivity contribution in [2.75, 3.05) is 0 Å². The van der Waals surface area contributed by atoms with E-state index in [1.807, 2.05) is 0 Å². The van der Waals surface area contributed by atoms with E-state index in [-0.39, 0.29) is 10.8 Å². The van der Waals surface area contributed by atoms with Gasteiger partial charge < -0.3 is 0 Å². The summed E-state index contributed by atoms with van der Waals surface area (Å²) in [4.78, 5) is 0. The van der Waals surface area contributed by atoms with Crippen LogP contribution < -0.4 is 0 Å². The summed E-state index contributed by atoms with van der Waals surface area (Å²) < 4.78 is 0. The van der Waals surface area contributed by atoms with E-state index in [2.05, 4.69) is 128 Å². The zero-order valence-electron chi connectivity index (χ0n) is 21.3. The Bertz CT molecular complexity index is 1070. The Balaban J connectivity index is 3.03. The van der Waals surface area contributed by atoms with Crippen LogP contribution in [0.4, 0.5) is 0 Å². The van der Waals surface area contributed by atoms with E-state index in [1.165, 1.54) is 27.5 Å². The Morgan fingerprint density at radius 1 is 0.633 bits per heavy atom. The van der Waals surface area contributed by atoms with Crippen LogP contribution in [-0.4, -0.2) is 16.1 Å². The molecular formula is C28H40Si2. The lowest BCUT2D eigenvalue weighted by Gasteiger charge is -2.25. The second kappa shape index (κ2) is 8.07. The molecule has 0 aromatic heterocycles. The van der Waals surface area contributed by atoms with Gasteiger partial charge in [-0.15, -0.1) is 11.1 Å². The maximum atomic E-state index is 3.63. The second-order valence-electron chi connectivity index (χ2n) is 12.6. The molecule has 0 aliphatic heterocycles. The average Bonchev–Trinajstić information content (AvgIpc) is 2.54. The highest BCUT2D eigenvalue weighted by Gasteiger charge is 2.23. The molecule has 0 N–H and O–H groups in total. The molecule has 0 nitrogen and oxygen atoms in total. The first-order chi connectivity index (χ1) is 13.4. The van der Waals surface area contributed by atoms with E-state index in [1.54, 1.807) is 0 Å². The molecular weight excluding hydrogens is 392 g/mol. The summed E-state index contributed by atoms with van der Waals surface area (Å²) in [5, 5.41) is 2.50. The summed E-state index contributed by atoms with van der Waals surface area (Å²) in [6.45, 7) is 27.5. The predicted molar refractivity (Wildman–Crippen MR) is 142 cm³/mol. The minimum absolute atomic E-state index is 0.00985. The Hall–Kier alpha value is -1.75. The molecule has 2 rings (SSSR count). The molecule has 0 aliphatic rings. The van der Waals surface area contributed by atoms with Gasteiger partial charge in [0.15, 0.2) is 0 Å². The van der Waals surface area contributed by atoms with Gasteiger partial charge in [0.2, 0.25) is 0 Å². The Morgan fingerprint density at radius 3 is 1.63 bits per heavy atom. The molecule has 0 unspecified atom stereocenters. The summed E-state index contributed by atoms with van der Waals surface area (Å²) in [6, 6.07) is 9.26. The molecule has 2 aromatic rings. The van der Waals surface area contributed by atoms with E-state index < -0.39 is 16.1 Å². The minimum Gasteiger partial charge on any atom is -0.127 e. The van der Waals surface area contributed by atoms with Gasteiger partial charge in [0.1, 0.15) is 16.1 Å². The van der Waals surface area contributed by atoms with Crippen molar-refractivity contribution in [2.45, 2.75) is 91.7 Å². The maximum absolute atomic E-state index is 3.63. The van der Waals surface area contributed by atoms with Gasteiger partial charge in [0, 0.05) is 11.1 Å². The van der Waals surface area contributed by atoms with Gasteiger partial charge in [-0.3, -0.25) is 0 Å². The highest BCUT2D eigenvalue weighted by atomic mass is 28.3. The van der Waals surface area contributed by atoms with Crippen molar-refractivity contribution in [1.82, 2.24) is 0 Å². The van der Waals surface area contributed by atoms with Gasteiger partial charge in [-0.1, -0.05) is 105 Å². The first-order valence-electron chi connectivity index (χ1n) is 11.1. The van der Waals surface area contributed by atoms with Gasteiger partial charge in [0.25, 0.3) is 0 Å². The largest absolute Gasteiger partial charge is 0.129 e. The van der Waals surface area contributed by atoms with E-state index >= 15 is 0 Å². The number of rotatable bonds is 0. The molecule has 0 saturated carbocycles. The fraction of sp³-hybridized carbons (Fsp3) is 0.500. The summed E-state index contributed by atoms with van der Waals surface area (Å²) in [6.07, 6.45) is 0. The van der Waals surface area contributed by atoms with Crippen molar-refractivity contribution in [2.24, 2.45) is 0 Å². The molecule has 0 heterocycles. The first kappa shape index (κ1) is 24.5. The van der Waals surface area contributed by atoms with Crippen molar-refractivity contribution in [3.8, 4) is 22.9 Å². The number of benzene rings is 2. The lowest BCUT2D eigenvalue weighted by atomic mass is 9.79. The standard InChI is InChI=1S/C28H40Si2/c1-27(2,3)22-13-14-23-24(16-18-30(10,11)12)26(28(4,5)6)19-21(25(23)20-22)15-17-29(7,8)9/h13-14,19-20H,1-12H3. The molecule has 30 heavy (non-hydrogen) atoms. The SMILES string of the molecule is CC(C)(C)c1ccc2c(C#C[Si](C)(C)C)c(C(C)(C)C)cc(C#C[Si](C)(C)C)c2c1. The molecule has 0 saturated heterocycles. The van der Waals surface area contributed by atoms with E-state index in [4.69, 9.17) is 0 Å². The van der Waals surface area contributed by atoms with Crippen LogP contribution in [0.15, 0.2) is 24.3 Å². The number of hydrogen-bond acceptors (Lipinski definition) is 0. The summed E-state index contributed by atoms with van der Waals surface area (Å²) in [5.41, 5.74) is 12.3. The molecule has 0 aliphatic carbocycles. The quantitative estimate of drug-likeness (QED) is 0.293. The highest BCUT2D eigenvalue weighted by molar-refractivity contribution is 6.84. The van der Waals surface area contributed by atoms with Crippen LogP contribution in [0.1, 0.15) is 63.8 Å². The third kappa shape index (κ3) is 6.37. The summed E-state index contributed by atoms with van der Waals surface area (Å²) >= 11 is 0. The van der Waals surface area contributed by atoms with Gasteiger partial charge in [0.05, 0.1) is 0 Å². The Morgan fingerprint density at radius 2 is 1.17 bits per heavy atom. The van der Waals surface area contributed by atoms with Gasteiger partial charge >= 0.3 is 0 Å². The van der Waals surface area contributed by atoms with Gasteiger partial charge in [-0.05, 0) is 44.9 Å². The lowest BCUT2D eigenvalue weighted by molar-refractivity contribution is 0.588. The van der Waals surface area contributed by atoms with Crippen LogP contribution in [-0.2, 0) is 10.8 Å². The predicted octanol–water partition coefficient (Wildman–Crippen LogP) is 7.89. The topological polar surface area (TPSA) is 0 Å². The van der Waals surface area contributed by atoms with Gasteiger partial charge in [-0.25, -0.2) is 0 Å². The third-order valence-electron chi connectivity index (χ3n) is 4.95. The third-order valence-corrected chi connectivity index (χ3v) is 6.70. The molecule has 2 aromatic carbocycles. The van der Waals surface area contributed by atoms with Crippen LogP contribution in [0.25, 0.3) is 10.8 Å². The van der Waals surface area contributed by atoms with Crippen molar-refractivity contribution in [3.05, 3.63) is 46.5 Å². The molecule has 0 radical (unpaired) electrons. The van der Waals surface area contributed by atoms with Crippen molar-refractivity contribution in [3.63, 3.8) is 0 Å². The fourth-order valence-corrected chi connectivity index (χ4v) is 4.24. The van der Waals surface area contributed by atoms with Crippen LogP contribution in [0.3, 0.4) is 0 Å². The fourth-order valence-electron chi connectivity index (χ4n) is 3.23. The number of fused-ring (bicyclic) bond motifs is 1. The van der Waals surface area contributed by atoms with Crippen LogP contribution >= 0.6 is 0 Å². The molecule has 2 heteroatoms. The van der Waals surface area contributed by atoms with Crippen molar-refractivity contribution < 1.29 is 0 Å². The molecule has 0 fully saturated rings. The average molecular weight is 433 g/mol. The van der Waals surface area contributed by atoms with Crippen LogP contribution in [0, 0.1) is 22.9 Å². The molecule has 0 amide bonds.